The first-order valence-corrected chi connectivity index (χ1v) is 14.2. The molecule has 0 fully saturated rings. The lowest BCUT2D eigenvalue weighted by Gasteiger charge is -2.23. The van der Waals surface area contributed by atoms with Gasteiger partial charge in [-0.05, 0) is 122 Å². The van der Waals surface area contributed by atoms with Crippen molar-refractivity contribution in [1.82, 2.24) is 0 Å². The van der Waals surface area contributed by atoms with Gasteiger partial charge in [-0.1, -0.05) is 67.5 Å². The zero-order valence-electron chi connectivity index (χ0n) is 23.3. The van der Waals surface area contributed by atoms with Crippen molar-refractivity contribution in [2.24, 2.45) is 10.2 Å². The molecule has 0 heterocycles. The molecule has 0 atom stereocenters. The first kappa shape index (κ1) is 28.3. The largest absolute Gasteiger partial charge is 0.151 e. The van der Waals surface area contributed by atoms with Gasteiger partial charge in [0.15, 0.2) is 0 Å². The Bertz CT molecular complexity index is 808. The molecule has 0 amide bonds. The molecule has 2 rings (SSSR count). The lowest BCUT2D eigenvalue weighted by atomic mass is 9.82. The van der Waals surface area contributed by atoms with E-state index in [0.29, 0.717) is 23.7 Å². The Morgan fingerprint density at radius 2 is 0.676 bits per heavy atom. The Kier molecular flexibility index (Phi) is 12.0. The summed E-state index contributed by atoms with van der Waals surface area (Å²) in [5, 5.41) is 9.46. The lowest BCUT2D eigenvalue weighted by Crippen LogP contribution is -2.05. The monoisotopic (exact) mass is 462 g/mol. The van der Waals surface area contributed by atoms with Gasteiger partial charge in [0.25, 0.3) is 0 Å². The van der Waals surface area contributed by atoms with Crippen LogP contribution in [0, 0.1) is 0 Å². The second-order valence-electron chi connectivity index (χ2n) is 9.88. The van der Waals surface area contributed by atoms with Crippen molar-refractivity contribution in [2.75, 3.05) is 0 Å². The smallest absolute Gasteiger partial charge is 0.0860 e. The molecule has 0 spiro atoms. The van der Waals surface area contributed by atoms with Crippen LogP contribution in [-0.4, -0.2) is 0 Å². The van der Waals surface area contributed by atoms with Crippen LogP contribution in [0.3, 0.4) is 0 Å². The Morgan fingerprint density at radius 1 is 0.412 bits per heavy atom. The minimum atomic E-state index is 0.589. The summed E-state index contributed by atoms with van der Waals surface area (Å²) in [5.41, 5.74) is 7.95. The summed E-state index contributed by atoms with van der Waals surface area (Å²) in [6.07, 6.45) is 9.42. The quantitative estimate of drug-likeness (QED) is 0.249. The molecule has 34 heavy (non-hydrogen) atoms. The van der Waals surface area contributed by atoms with E-state index in [4.69, 9.17) is 10.2 Å². The minimum Gasteiger partial charge on any atom is -0.151 e. The van der Waals surface area contributed by atoms with E-state index < -0.39 is 0 Å². The summed E-state index contributed by atoms with van der Waals surface area (Å²) in [6, 6.07) is 13.6. The molecule has 2 heteroatoms. The summed E-state index contributed by atoms with van der Waals surface area (Å²) < 4.78 is 0. The number of nitrogens with zero attached hydrogens (tertiary/aromatic N) is 2. The average molecular weight is 463 g/mol. The lowest BCUT2D eigenvalue weighted by molar-refractivity contribution is 0.593. The van der Waals surface area contributed by atoms with E-state index in [0.717, 1.165) is 11.4 Å². The van der Waals surface area contributed by atoms with Gasteiger partial charge in [0.1, 0.15) is 0 Å². The van der Waals surface area contributed by atoms with Gasteiger partial charge in [-0.25, -0.2) is 0 Å². The first-order chi connectivity index (χ1) is 16.5. The van der Waals surface area contributed by atoms with Crippen molar-refractivity contribution in [3.63, 3.8) is 0 Å². The Hall–Kier alpha value is -1.96. The van der Waals surface area contributed by atoms with Crippen LogP contribution in [0.4, 0.5) is 11.4 Å². The number of hydrogen-bond acceptors (Lipinski definition) is 2. The third-order valence-electron chi connectivity index (χ3n) is 8.12. The zero-order chi connectivity index (χ0) is 25.1. The zero-order valence-corrected chi connectivity index (χ0v) is 23.3. The number of azo groups is 1. The summed E-state index contributed by atoms with van der Waals surface area (Å²) in [5.74, 6) is 2.43. The van der Waals surface area contributed by atoms with Crippen molar-refractivity contribution in [2.45, 2.75) is 130 Å². The van der Waals surface area contributed by atoms with Crippen molar-refractivity contribution < 1.29 is 0 Å². The Balaban J connectivity index is 2.47. The van der Waals surface area contributed by atoms with Gasteiger partial charge < -0.3 is 0 Å². The van der Waals surface area contributed by atoms with Crippen LogP contribution in [0.5, 0.6) is 0 Å². The molecule has 0 aliphatic heterocycles. The van der Waals surface area contributed by atoms with E-state index in [-0.39, 0.29) is 0 Å². The molecule has 2 nitrogen and oxygen atoms in total. The molecule has 0 radical (unpaired) electrons. The third-order valence-corrected chi connectivity index (χ3v) is 8.12. The van der Waals surface area contributed by atoms with E-state index in [2.05, 4.69) is 91.8 Å². The molecule has 2 aromatic carbocycles. The van der Waals surface area contributed by atoms with Crippen LogP contribution in [0.2, 0.25) is 0 Å². The fraction of sp³-hybridized carbons (Fsp3) is 0.625. The van der Waals surface area contributed by atoms with E-state index in [9.17, 15) is 0 Å². The fourth-order valence-corrected chi connectivity index (χ4v) is 5.73. The van der Waals surface area contributed by atoms with Crippen LogP contribution >= 0.6 is 0 Å². The molecule has 0 saturated carbocycles. The second kappa shape index (κ2) is 14.4. The Labute approximate surface area is 210 Å². The molecule has 188 valence electrons. The molecule has 0 unspecified atom stereocenters. The van der Waals surface area contributed by atoms with Gasteiger partial charge in [-0.15, -0.1) is 0 Å². The molecule has 0 bridgehead atoms. The van der Waals surface area contributed by atoms with Gasteiger partial charge >= 0.3 is 0 Å². The molecular weight excluding hydrogens is 412 g/mol. The second-order valence-corrected chi connectivity index (χ2v) is 9.88. The maximum Gasteiger partial charge on any atom is 0.0860 e. The van der Waals surface area contributed by atoms with Crippen molar-refractivity contribution in [1.29, 1.82) is 0 Å². The summed E-state index contributed by atoms with van der Waals surface area (Å²) in [7, 11) is 0. The number of benzene rings is 2. The standard InChI is InChI=1S/C32H50N2/c1-9-23(10-2)29-19-17-27(21-31(29)25(13-5)14-6)33-34-28-18-20-30(24(11-3)12-4)32(22-28)26(15-7)16-8/h17-26H,9-16H2,1-8H3. The fourth-order valence-electron chi connectivity index (χ4n) is 5.73. The van der Waals surface area contributed by atoms with Crippen LogP contribution in [0.15, 0.2) is 46.6 Å². The molecule has 2 aromatic rings. The Morgan fingerprint density at radius 3 is 0.941 bits per heavy atom. The normalized spacial score (nSPS) is 12.2. The van der Waals surface area contributed by atoms with E-state index in [1.54, 1.807) is 0 Å². The van der Waals surface area contributed by atoms with Crippen LogP contribution in [0.25, 0.3) is 0 Å². The highest BCUT2D eigenvalue weighted by Gasteiger charge is 2.19. The van der Waals surface area contributed by atoms with Gasteiger partial charge in [0.05, 0.1) is 11.4 Å². The van der Waals surface area contributed by atoms with Crippen LogP contribution in [-0.2, 0) is 0 Å². The van der Waals surface area contributed by atoms with E-state index >= 15 is 0 Å². The molecular formula is C32H50N2. The summed E-state index contributed by atoms with van der Waals surface area (Å²) in [6.45, 7) is 18.4. The van der Waals surface area contributed by atoms with Crippen LogP contribution in [0.1, 0.15) is 153 Å². The number of rotatable bonds is 14. The predicted octanol–water partition coefficient (Wildman–Crippen LogP) is 11.7. The summed E-state index contributed by atoms with van der Waals surface area (Å²) >= 11 is 0. The van der Waals surface area contributed by atoms with Gasteiger partial charge in [0.2, 0.25) is 0 Å². The van der Waals surface area contributed by atoms with Gasteiger partial charge in [-0.2, -0.15) is 10.2 Å². The SMILES string of the molecule is CCC(CC)c1ccc(N=Nc2ccc(C(CC)CC)c(C(CC)CC)c2)cc1C(CC)CC. The number of hydrogen-bond donors (Lipinski definition) is 0. The maximum atomic E-state index is 4.73. The van der Waals surface area contributed by atoms with Crippen molar-refractivity contribution >= 4 is 11.4 Å². The highest BCUT2D eigenvalue weighted by atomic mass is 15.1. The highest BCUT2D eigenvalue weighted by Crippen LogP contribution is 2.38. The van der Waals surface area contributed by atoms with Crippen LogP contribution < -0.4 is 0 Å². The highest BCUT2D eigenvalue weighted by molar-refractivity contribution is 5.49. The predicted molar refractivity (Wildman–Crippen MR) is 150 cm³/mol. The van der Waals surface area contributed by atoms with Crippen molar-refractivity contribution in [3.05, 3.63) is 58.7 Å². The molecule has 0 saturated heterocycles. The molecule has 0 aliphatic carbocycles. The topological polar surface area (TPSA) is 24.7 Å². The maximum absolute atomic E-state index is 4.73. The van der Waals surface area contributed by atoms with Crippen molar-refractivity contribution in [3.8, 4) is 0 Å². The van der Waals surface area contributed by atoms with E-state index in [1.807, 2.05) is 0 Å². The average Bonchev–Trinajstić information content (AvgIpc) is 2.87. The van der Waals surface area contributed by atoms with Gasteiger partial charge in [-0.3, -0.25) is 0 Å². The van der Waals surface area contributed by atoms with E-state index in [1.165, 1.54) is 73.6 Å². The van der Waals surface area contributed by atoms with Gasteiger partial charge in [0, 0.05) is 0 Å². The molecule has 0 aliphatic rings. The summed E-state index contributed by atoms with van der Waals surface area (Å²) in [4.78, 5) is 0. The molecule has 0 N–H and O–H groups in total. The minimum absolute atomic E-state index is 0.589. The third kappa shape index (κ3) is 6.80. The first-order valence-electron chi connectivity index (χ1n) is 14.2. The molecule has 0 aromatic heterocycles.